The monoisotopic (exact) mass is 415 g/mol. The minimum atomic E-state index is 0.0360. The van der Waals surface area contributed by atoms with Crippen molar-refractivity contribution in [3.05, 3.63) is 45.9 Å². The average Bonchev–Trinajstić information content (AvgIpc) is 3.22. The lowest BCUT2D eigenvalue weighted by Gasteiger charge is -2.22. The second-order valence-corrected chi connectivity index (χ2v) is 8.52. The van der Waals surface area contributed by atoms with Gasteiger partial charge in [0, 0.05) is 23.4 Å². The summed E-state index contributed by atoms with van der Waals surface area (Å²) in [7, 11) is 1.63. The summed E-state index contributed by atoms with van der Waals surface area (Å²) in [6.45, 7) is 4.23. The van der Waals surface area contributed by atoms with Gasteiger partial charge in [-0.15, -0.1) is 11.3 Å². The van der Waals surface area contributed by atoms with Gasteiger partial charge in [-0.3, -0.25) is 4.79 Å². The number of thioether (sulfide) groups is 1. The molecule has 1 fully saturated rings. The third kappa shape index (κ3) is 4.20. The summed E-state index contributed by atoms with van der Waals surface area (Å²) in [6.07, 6.45) is 0.0360. The lowest BCUT2D eigenvalue weighted by Crippen LogP contribution is -2.32. The van der Waals surface area contributed by atoms with Crippen LogP contribution in [-0.4, -0.2) is 48.3 Å². The molecule has 0 amide bonds. The summed E-state index contributed by atoms with van der Waals surface area (Å²) in [5, 5.41) is 5.02. The van der Waals surface area contributed by atoms with Gasteiger partial charge in [0.1, 0.15) is 22.7 Å². The Labute approximate surface area is 171 Å². The van der Waals surface area contributed by atoms with Gasteiger partial charge in [-0.25, -0.2) is 9.97 Å². The number of carbonyl (C=O) groups excluding carboxylic acids is 1. The minimum absolute atomic E-state index is 0.0360. The van der Waals surface area contributed by atoms with Gasteiger partial charge in [-0.2, -0.15) is 0 Å². The number of fused-ring (bicyclic) bond motifs is 1. The van der Waals surface area contributed by atoms with E-state index < -0.39 is 0 Å². The Bertz CT molecular complexity index is 1000. The molecule has 3 aromatic rings. The van der Waals surface area contributed by atoms with Crippen LogP contribution in [0.1, 0.15) is 26.5 Å². The first kappa shape index (κ1) is 19.3. The van der Waals surface area contributed by atoms with E-state index in [1.807, 2.05) is 37.3 Å². The summed E-state index contributed by atoms with van der Waals surface area (Å²) in [5.41, 5.74) is 0.851. The average molecular weight is 416 g/mol. The molecule has 1 saturated heterocycles. The molecular weight excluding hydrogens is 394 g/mol. The molecule has 0 aliphatic carbocycles. The first-order valence-electron chi connectivity index (χ1n) is 9.04. The number of benzene rings is 1. The zero-order chi connectivity index (χ0) is 19.5. The predicted molar refractivity (Wildman–Crippen MR) is 112 cm³/mol. The standard InChI is InChI=1S/C20H21N3O3S2/c1-12-22-15-4-3-13(25-2)9-14(15)20(23-12)27-11-16(24)18-5-6-19(28-18)17-10-21-7-8-26-17/h3-6,9,17,21H,7-8,10-11H2,1-2H3/t17-/m0/s1. The third-order valence-corrected chi connectivity index (χ3v) is 6.68. The van der Waals surface area contributed by atoms with Crippen LogP contribution in [0.25, 0.3) is 10.9 Å². The molecule has 1 atom stereocenters. The van der Waals surface area contributed by atoms with Crippen molar-refractivity contribution in [1.82, 2.24) is 15.3 Å². The lowest BCUT2D eigenvalue weighted by atomic mass is 10.2. The highest BCUT2D eigenvalue weighted by molar-refractivity contribution is 8.00. The molecule has 2 aromatic heterocycles. The summed E-state index contributed by atoms with van der Waals surface area (Å²) in [5.74, 6) is 1.86. The number of ether oxygens (including phenoxy) is 2. The first-order chi connectivity index (χ1) is 13.6. The van der Waals surface area contributed by atoms with Crippen molar-refractivity contribution < 1.29 is 14.3 Å². The smallest absolute Gasteiger partial charge is 0.183 e. The Morgan fingerprint density at radius 1 is 1.36 bits per heavy atom. The number of Topliss-reactive ketones (excluding diaryl/α,β-unsaturated/α-hetero) is 1. The van der Waals surface area contributed by atoms with E-state index in [4.69, 9.17) is 9.47 Å². The molecule has 0 saturated carbocycles. The van der Waals surface area contributed by atoms with E-state index >= 15 is 0 Å². The van der Waals surface area contributed by atoms with Gasteiger partial charge in [-0.1, -0.05) is 11.8 Å². The lowest BCUT2D eigenvalue weighted by molar-refractivity contribution is 0.0299. The van der Waals surface area contributed by atoms with Gasteiger partial charge < -0.3 is 14.8 Å². The van der Waals surface area contributed by atoms with Gasteiger partial charge in [0.25, 0.3) is 0 Å². The number of aryl methyl sites for hydroxylation is 1. The molecule has 3 heterocycles. The summed E-state index contributed by atoms with van der Waals surface area (Å²) in [4.78, 5) is 23.6. The molecule has 4 rings (SSSR count). The molecule has 1 aliphatic heterocycles. The van der Waals surface area contributed by atoms with E-state index in [-0.39, 0.29) is 11.9 Å². The van der Waals surface area contributed by atoms with Crippen LogP contribution < -0.4 is 10.1 Å². The Kier molecular flexibility index (Phi) is 5.91. The van der Waals surface area contributed by atoms with E-state index in [0.29, 0.717) is 18.2 Å². The number of methoxy groups -OCH3 is 1. The number of nitrogens with one attached hydrogen (secondary N) is 1. The van der Waals surface area contributed by atoms with Crippen molar-refractivity contribution in [2.75, 3.05) is 32.6 Å². The summed E-state index contributed by atoms with van der Waals surface area (Å²) < 4.78 is 11.1. The van der Waals surface area contributed by atoms with Gasteiger partial charge in [0.15, 0.2) is 5.78 Å². The van der Waals surface area contributed by atoms with Gasteiger partial charge in [0.2, 0.25) is 0 Å². The van der Waals surface area contributed by atoms with Crippen LogP contribution in [-0.2, 0) is 4.74 Å². The minimum Gasteiger partial charge on any atom is -0.497 e. The Morgan fingerprint density at radius 2 is 2.25 bits per heavy atom. The van der Waals surface area contributed by atoms with Gasteiger partial charge >= 0.3 is 0 Å². The number of morpholine rings is 1. The van der Waals surface area contributed by atoms with Crippen LogP contribution in [0.2, 0.25) is 0 Å². The molecule has 0 radical (unpaired) electrons. The van der Waals surface area contributed by atoms with E-state index in [9.17, 15) is 4.79 Å². The van der Waals surface area contributed by atoms with Crippen molar-refractivity contribution in [2.45, 2.75) is 18.1 Å². The number of carbonyl (C=O) groups is 1. The Hall–Kier alpha value is -2.00. The van der Waals surface area contributed by atoms with Crippen LogP contribution >= 0.6 is 23.1 Å². The number of nitrogens with zero attached hydrogens (tertiary/aromatic N) is 2. The maximum absolute atomic E-state index is 12.7. The number of aromatic nitrogens is 2. The Balaban J connectivity index is 1.49. The number of thiophene rings is 1. The topological polar surface area (TPSA) is 73.3 Å². The van der Waals surface area contributed by atoms with Crippen molar-refractivity contribution in [2.24, 2.45) is 0 Å². The van der Waals surface area contributed by atoms with E-state index in [1.165, 1.54) is 23.1 Å². The van der Waals surface area contributed by atoms with Crippen LogP contribution in [0.4, 0.5) is 0 Å². The second-order valence-electron chi connectivity index (χ2n) is 6.44. The highest BCUT2D eigenvalue weighted by Crippen LogP contribution is 2.31. The fourth-order valence-electron chi connectivity index (χ4n) is 3.06. The molecule has 0 bridgehead atoms. The largest absolute Gasteiger partial charge is 0.497 e. The molecule has 1 N–H and O–H groups in total. The predicted octanol–water partition coefficient (Wildman–Crippen LogP) is 3.64. The van der Waals surface area contributed by atoms with E-state index in [2.05, 4.69) is 15.3 Å². The Morgan fingerprint density at radius 3 is 3.04 bits per heavy atom. The molecule has 0 unspecified atom stereocenters. The molecule has 6 nitrogen and oxygen atoms in total. The van der Waals surface area contributed by atoms with Crippen molar-refractivity contribution >= 4 is 39.8 Å². The molecular formula is C20H21N3O3S2. The summed E-state index contributed by atoms with van der Waals surface area (Å²) >= 11 is 2.95. The molecule has 28 heavy (non-hydrogen) atoms. The molecule has 0 spiro atoms. The quantitative estimate of drug-likeness (QED) is 0.374. The maximum Gasteiger partial charge on any atom is 0.183 e. The number of ketones is 1. The normalized spacial score (nSPS) is 17.0. The van der Waals surface area contributed by atoms with Crippen LogP contribution in [0.3, 0.4) is 0 Å². The van der Waals surface area contributed by atoms with E-state index in [0.717, 1.165) is 44.5 Å². The number of hydrogen-bond acceptors (Lipinski definition) is 8. The fourth-order valence-corrected chi connectivity index (χ4v) is 5.08. The van der Waals surface area contributed by atoms with Gasteiger partial charge in [-0.05, 0) is 37.3 Å². The van der Waals surface area contributed by atoms with Gasteiger partial charge in [0.05, 0.1) is 29.9 Å². The number of hydrogen-bond donors (Lipinski definition) is 1. The highest BCUT2D eigenvalue weighted by atomic mass is 32.2. The van der Waals surface area contributed by atoms with Crippen molar-refractivity contribution in [3.8, 4) is 5.75 Å². The fraction of sp³-hybridized carbons (Fsp3) is 0.350. The van der Waals surface area contributed by atoms with Crippen LogP contribution in [0, 0.1) is 6.92 Å². The second kappa shape index (κ2) is 8.57. The van der Waals surface area contributed by atoms with Crippen molar-refractivity contribution in [1.29, 1.82) is 0 Å². The zero-order valence-electron chi connectivity index (χ0n) is 15.7. The third-order valence-electron chi connectivity index (χ3n) is 4.47. The molecule has 8 heteroatoms. The van der Waals surface area contributed by atoms with Crippen molar-refractivity contribution in [3.63, 3.8) is 0 Å². The molecule has 1 aliphatic rings. The SMILES string of the molecule is COc1ccc2nc(C)nc(SCC(=O)c3ccc([C@@H]4CNCCO4)s3)c2c1. The number of rotatable bonds is 6. The molecule has 146 valence electrons. The van der Waals surface area contributed by atoms with E-state index in [1.54, 1.807) is 7.11 Å². The summed E-state index contributed by atoms with van der Waals surface area (Å²) in [6, 6.07) is 9.60. The molecule has 1 aromatic carbocycles. The first-order valence-corrected chi connectivity index (χ1v) is 10.8. The maximum atomic E-state index is 12.7. The van der Waals surface area contributed by atoms with Crippen LogP contribution in [0.5, 0.6) is 5.75 Å². The zero-order valence-corrected chi connectivity index (χ0v) is 17.4. The van der Waals surface area contributed by atoms with Crippen LogP contribution in [0.15, 0.2) is 35.4 Å². The highest BCUT2D eigenvalue weighted by Gasteiger charge is 2.20.